The van der Waals surface area contributed by atoms with Crippen molar-refractivity contribution in [1.29, 1.82) is 0 Å². The topological polar surface area (TPSA) is 83.5 Å². The van der Waals surface area contributed by atoms with Gasteiger partial charge in [-0.3, -0.25) is 9.35 Å². The van der Waals surface area contributed by atoms with Crippen LogP contribution in [0.15, 0.2) is 24.3 Å². The molecule has 0 aromatic heterocycles. The number of nitrogens with one attached hydrogen (secondary N) is 1. The molecule has 0 aliphatic heterocycles. The molecular weight excluding hydrogens is 266 g/mol. The first-order chi connectivity index (χ1) is 7.74. The number of benzene rings is 1. The zero-order chi connectivity index (χ0) is 13.5. The summed E-state index contributed by atoms with van der Waals surface area (Å²) in [6.45, 7) is 3.59. The molecule has 1 aromatic rings. The zero-order valence-corrected chi connectivity index (χ0v) is 11.0. The third-order valence-corrected chi connectivity index (χ3v) is 1.71. The lowest BCUT2D eigenvalue weighted by Gasteiger charge is -2.06. The maximum Gasteiger partial charge on any atom is 0.353 e. The van der Waals surface area contributed by atoms with Gasteiger partial charge >= 0.3 is 9.33 Å². The van der Waals surface area contributed by atoms with Gasteiger partial charge in [0, 0.05) is 23.3 Å². The average Bonchev–Trinajstić information content (AvgIpc) is 2.15. The summed E-state index contributed by atoms with van der Waals surface area (Å²) in [5.41, 5.74) is 2.10. The number of anilines is 1. The quantitative estimate of drug-likeness (QED) is 0.642. The molecule has 1 amide bonds. The molecule has 0 spiro atoms. The van der Waals surface area contributed by atoms with Gasteiger partial charge < -0.3 is 5.32 Å². The Labute approximate surface area is 105 Å². The fraction of sp³-hybridized carbons (Fsp3) is 0.300. The van der Waals surface area contributed by atoms with Gasteiger partial charge in [0.2, 0.25) is 5.91 Å². The molecule has 0 atom stereocenters. The van der Waals surface area contributed by atoms with Crippen LogP contribution in [0.5, 0.6) is 0 Å². The number of halogens is 1. The second-order valence-corrected chi connectivity index (χ2v) is 5.10. The SMILES string of the molecule is CCc1ccccc1NC(C)=O.O=S(=O)(O)Cl. The van der Waals surface area contributed by atoms with Crippen molar-refractivity contribution in [2.45, 2.75) is 20.3 Å². The van der Waals surface area contributed by atoms with Crippen LogP contribution in [0.2, 0.25) is 0 Å². The first kappa shape index (κ1) is 15.9. The molecule has 0 heterocycles. The van der Waals surface area contributed by atoms with Crippen LogP contribution in [0.3, 0.4) is 0 Å². The molecule has 0 radical (unpaired) electrons. The Morgan fingerprint density at radius 2 is 1.88 bits per heavy atom. The van der Waals surface area contributed by atoms with Crippen LogP contribution in [0, 0.1) is 0 Å². The number of carbonyl (C=O) groups is 1. The molecular formula is C10H14ClNO4S. The van der Waals surface area contributed by atoms with E-state index in [2.05, 4.69) is 22.9 Å². The monoisotopic (exact) mass is 279 g/mol. The highest BCUT2D eigenvalue weighted by Crippen LogP contribution is 2.14. The van der Waals surface area contributed by atoms with Gasteiger partial charge in [-0.25, -0.2) is 0 Å². The molecule has 1 aromatic carbocycles. The second-order valence-electron chi connectivity index (χ2n) is 3.10. The summed E-state index contributed by atoms with van der Waals surface area (Å²) < 4.78 is 25.2. The number of para-hydroxylation sites is 1. The highest BCUT2D eigenvalue weighted by Gasteiger charge is 1.99. The lowest BCUT2D eigenvalue weighted by molar-refractivity contribution is -0.114. The van der Waals surface area contributed by atoms with Gasteiger partial charge in [-0.15, -0.1) is 0 Å². The summed E-state index contributed by atoms with van der Waals surface area (Å²) in [6, 6.07) is 7.83. The number of rotatable bonds is 2. The zero-order valence-electron chi connectivity index (χ0n) is 9.47. The lowest BCUT2D eigenvalue weighted by atomic mass is 10.1. The molecule has 0 aliphatic rings. The lowest BCUT2D eigenvalue weighted by Crippen LogP contribution is -2.07. The van der Waals surface area contributed by atoms with Gasteiger partial charge in [-0.1, -0.05) is 25.1 Å². The van der Waals surface area contributed by atoms with Crippen molar-refractivity contribution in [3.8, 4) is 0 Å². The summed E-state index contributed by atoms with van der Waals surface area (Å²) in [4.78, 5) is 10.8. The second kappa shape index (κ2) is 7.26. The Morgan fingerprint density at radius 3 is 2.29 bits per heavy atom. The maximum absolute atomic E-state index is 10.8. The van der Waals surface area contributed by atoms with Crippen molar-refractivity contribution < 1.29 is 17.8 Å². The number of hydrogen-bond donors (Lipinski definition) is 2. The molecule has 5 nitrogen and oxygen atoms in total. The Balaban J connectivity index is 0.000000437. The number of hydrogen-bond acceptors (Lipinski definition) is 3. The summed E-state index contributed by atoms with van der Waals surface area (Å²) in [5, 5.41) is 2.79. The molecule has 0 saturated heterocycles. The highest BCUT2D eigenvalue weighted by atomic mass is 35.7. The van der Waals surface area contributed by atoms with Gasteiger partial charge in [0.05, 0.1) is 0 Å². The van der Waals surface area contributed by atoms with Crippen LogP contribution in [0.1, 0.15) is 19.4 Å². The van der Waals surface area contributed by atoms with Crippen molar-refractivity contribution in [3.63, 3.8) is 0 Å². The molecule has 2 N–H and O–H groups in total. The number of aryl methyl sites for hydroxylation is 1. The number of carbonyl (C=O) groups excluding carboxylic acids is 1. The van der Waals surface area contributed by atoms with Gasteiger partial charge in [0.25, 0.3) is 0 Å². The van der Waals surface area contributed by atoms with E-state index in [1.165, 1.54) is 12.5 Å². The van der Waals surface area contributed by atoms with E-state index >= 15 is 0 Å². The smallest absolute Gasteiger partial charge is 0.326 e. The van der Waals surface area contributed by atoms with E-state index in [0.29, 0.717) is 0 Å². The minimum absolute atomic E-state index is 0.0177. The Hall–Kier alpha value is -1.11. The summed E-state index contributed by atoms with van der Waals surface area (Å²) in [5.74, 6) is -0.0177. The molecule has 0 aliphatic carbocycles. The highest BCUT2D eigenvalue weighted by molar-refractivity contribution is 8.09. The molecule has 0 saturated carbocycles. The van der Waals surface area contributed by atoms with Gasteiger partial charge in [0.1, 0.15) is 0 Å². The van der Waals surface area contributed by atoms with Crippen molar-refractivity contribution in [3.05, 3.63) is 29.8 Å². The Morgan fingerprint density at radius 1 is 1.41 bits per heavy atom. The van der Waals surface area contributed by atoms with Crippen molar-refractivity contribution >= 4 is 31.6 Å². The summed E-state index contributed by atoms with van der Waals surface area (Å²) >= 11 is 0. The van der Waals surface area contributed by atoms with E-state index in [0.717, 1.165) is 12.1 Å². The van der Waals surface area contributed by atoms with Gasteiger partial charge in [0.15, 0.2) is 0 Å². The fourth-order valence-corrected chi connectivity index (χ4v) is 1.14. The molecule has 96 valence electrons. The third kappa shape index (κ3) is 9.80. The van der Waals surface area contributed by atoms with Crippen LogP contribution in [0.4, 0.5) is 5.69 Å². The number of amides is 1. The van der Waals surface area contributed by atoms with E-state index in [1.807, 2.05) is 24.3 Å². The van der Waals surface area contributed by atoms with Crippen LogP contribution in [-0.2, 0) is 20.5 Å². The largest absolute Gasteiger partial charge is 0.353 e. The fourth-order valence-electron chi connectivity index (χ4n) is 1.14. The minimum Gasteiger partial charge on any atom is -0.326 e. The van der Waals surface area contributed by atoms with Crippen LogP contribution >= 0.6 is 10.7 Å². The standard InChI is InChI=1S/C10H13NO.ClHO3S/c1-3-9-6-4-5-7-10(9)11-8(2)12;1-5(2,3)4/h4-7H,3H2,1-2H3,(H,11,12);(H,2,3,4). The summed E-state index contributed by atoms with van der Waals surface area (Å²) in [7, 11) is -0.137. The van der Waals surface area contributed by atoms with Crippen molar-refractivity contribution in [1.82, 2.24) is 0 Å². The van der Waals surface area contributed by atoms with E-state index < -0.39 is 9.33 Å². The van der Waals surface area contributed by atoms with Crippen LogP contribution in [-0.4, -0.2) is 18.9 Å². The predicted molar refractivity (Wildman–Crippen MR) is 67.5 cm³/mol. The molecule has 0 unspecified atom stereocenters. The third-order valence-electron chi connectivity index (χ3n) is 1.71. The maximum atomic E-state index is 10.8. The molecule has 17 heavy (non-hydrogen) atoms. The van der Waals surface area contributed by atoms with Crippen molar-refractivity contribution in [2.75, 3.05) is 5.32 Å². The van der Waals surface area contributed by atoms with Gasteiger partial charge in [-0.05, 0) is 18.1 Å². The van der Waals surface area contributed by atoms with E-state index in [9.17, 15) is 4.79 Å². The van der Waals surface area contributed by atoms with E-state index in [4.69, 9.17) is 13.0 Å². The molecule has 1 rings (SSSR count). The molecule has 7 heteroatoms. The predicted octanol–water partition coefficient (Wildman–Crippen LogP) is 2.24. The van der Waals surface area contributed by atoms with Crippen molar-refractivity contribution in [2.24, 2.45) is 0 Å². The average molecular weight is 280 g/mol. The Bertz CT molecular complexity index is 465. The first-order valence-electron chi connectivity index (χ1n) is 4.76. The molecule has 0 bridgehead atoms. The van der Waals surface area contributed by atoms with Crippen LogP contribution in [0.25, 0.3) is 0 Å². The summed E-state index contributed by atoms with van der Waals surface area (Å²) in [6.07, 6.45) is 0.941. The van der Waals surface area contributed by atoms with E-state index in [1.54, 1.807) is 0 Å². The normalized spacial score (nSPS) is 10.1. The minimum atomic E-state index is -4.19. The van der Waals surface area contributed by atoms with Gasteiger partial charge in [-0.2, -0.15) is 8.42 Å². The van der Waals surface area contributed by atoms with Crippen LogP contribution < -0.4 is 5.32 Å². The molecule has 0 fully saturated rings. The van der Waals surface area contributed by atoms with E-state index in [-0.39, 0.29) is 5.91 Å². The Kier molecular flexibility index (Phi) is 6.79. The first-order valence-corrected chi connectivity index (χ1v) is 7.03.